The maximum Gasteiger partial charge on any atom is 0.123 e. The molecule has 0 aliphatic carbocycles. The van der Waals surface area contributed by atoms with Gasteiger partial charge in [-0.25, -0.2) is 0 Å². The SMILES string of the molecule is COc1ccc(COc2cc(COC3COCC(OCc4cc(OCc5ccc(OC)cc5)cc(OCc5ccc(OC)cc5)c4)C3)cc(OCc3ccc(OC)cc3)c2)cc1. The predicted molar refractivity (Wildman–Crippen MR) is 235 cm³/mol. The van der Waals surface area contributed by atoms with Gasteiger partial charge in [0.1, 0.15) is 72.4 Å². The maximum absolute atomic E-state index is 6.45. The fourth-order valence-corrected chi connectivity index (χ4v) is 6.74. The summed E-state index contributed by atoms with van der Waals surface area (Å²) >= 11 is 0. The van der Waals surface area contributed by atoms with Gasteiger partial charge in [-0.15, -0.1) is 0 Å². The Morgan fingerprint density at radius 1 is 0.339 bits per heavy atom. The van der Waals surface area contributed by atoms with E-state index < -0.39 is 0 Å². The highest BCUT2D eigenvalue weighted by atomic mass is 16.6. The van der Waals surface area contributed by atoms with E-state index >= 15 is 0 Å². The Morgan fingerprint density at radius 2 is 0.613 bits per heavy atom. The molecule has 1 saturated heterocycles. The van der Waals surface area contributed by atoms with Crippen LogP contribution >= 0.6 is 0 Å². The molecule has 1 aliphatic heterocycles. The van der Waals surface area contributed by atoms with Crippen LogP contribution in [0, 0.1) is 0 Å². The van der Waals surface area contributed by atoms with Crippen LogP contribution in [-0.4, -0.2) is 53.9 Å². The number of rotatable bonds is 22. The van der Waals surface area contributed by atoms with Gasteiger partial charge in [0.25, 0.3) is 0 Å². The molecule has 2 unspecified atom stereocenters. The molecule has 0 N–H and O–H groups in total. The van der Waals surface area contributed by atoms with Crippen molar-refractivity contribution in [3.63, 3.8) is 0 Å². The van der Waals surface area contributed by atoms with E-state index in [1.54, 1.807) is 28.4 Å². The lowest BCUT2D eigenvalue weighted by Crippen LogP contribution is -2.36. The molecule has 2 atom stereocenters. The van der Waals surface area contributed by atoms with Crippen molar-refractivity contribution in [3.8, 4) is 46.0 Å². The van der Waals surface area contributed by atoms with E-state index in [1.165, 1.54) is 0 Å². The van der Waals surface area contributed by atoms with Gasteiger partial charge < -0.3 is 52.1 Å². The molecule has 1 heterocycles. The summed E-state index contributed by atoms with van der Waals surface area (Å²) in [5.74, 6) is 5.88. The van der Waals surface area contributed by atoms with Crippen LogP contribution in [0.2, 0.25) is 0 Å². The van der Waals surface area contributed by atoms with E-state index in [-0.39, 0.29) is 12.2 Å². The molecule has 324 valence electrons. The summed E-state index contributed by atoms with van der Waals surface area (Å²) in [5, 5.41) is 0. The van der Waals surface area contributed by atoms with Crippen LogP contribution in [0.4, 0.5) is 0 Å². The van der Waals surface area contributed by atoms with Crippen molar-refractivity contribution in [1.82, 2.24) is 0 Å². The van der Waals surface area contributed by atoms with Gasteiger partial charge >= 0.3 is 0 Å². The van der Waals surface area contributed by atoms with Crippen molar-refractivity contribution in [1.29, 1.82) is 0 Å². The Labute approximate surface area is 363 Å². The molecular weight excluding hydrogens is 789 g/mol. The second kappa shape index (κ2) is 22.4. The van der Waals surface area contributed by atoms with Crippen molar-refractivity contribution < 1.29 is 52.1 Å². The van der Waals surface area contributed by atoms with Crippen LogP contribution in [0.25, 0.3) is 0 Å². The maximum atomic E-state index is 6.45. The smallest absolute Gasteiger partial charge is 0.123 e. The first-order chi connectivity index (χ1) is 30.4. The average Bonchev–Trinajstić information content (AvgIpc) is 3.33. The minimum Gasteiger partial charge on any atom is -0.497 e. The third-order valence-corrected chi connectivity index (χ3v) is 10.2. The van der Waals surface area contributed by atoms with Crippen molar-refractivity contribution >= 4 is 0 Å². The Morgan fingerprint density at radius 3 is 0.871 bits per heavy atom. The van der Waals surface area contributed by atoms with E-state index in [0.29, 0.717) is 82.3 Å². The predicted octanol–water partition coefficient (Wildman–Crippen LogP) is 9.93. The molecule has 6 aromatic carbocycles. The molecule has 6 aromatic rings. The summed E-state index contributed by atoms with van der Waals surface area (Å²) in [4.78, 5) is 0. The molecule has 0 amide bonds. The van der Waals surface area contributed by atoms with Crippen molar-refractivity contribution in [2.75, 3.05) is 41.7 Å². The molecule has 11 heteroatoms. The minimum atomic E-state index is -0.177. The van der Waals surface area contributed by atoms with Crippen molar-refractivity contribution in [2.45, 2.75) is 58.3 Å². The van der Waals surface area contributed by atoms with Gasteiger partial charge in [0.05, 0.1) is 67.1 Å². The molecule has 62 heavy (non-hydrogen) atoms. The molecule has 7 rings (SSSR count). The molecule has 1 aliphatic rings. The lowest BCUT2D eigenvalue weighted by atomic mass is 10.1. The van der Waals surface area contributed by atoms with Gasteiger partial charge in [-0.05, 0) is 106 Å². The van der Waals surface area contributed by atoms with Crippen LogP contribution in [0.15, 0.2) is 133 Å². The first-order valence-corrected chi connectivity index (χ1v) is 20.6. The van der Waals surface area contributed by atoms with Gasteiger partial charge in [-0.3, -0.25) is 0 Å². The van der Waals surface area contributed by atoms with E-state index in [0.717, 1.165) is 56.4 Å². The van der Waals surface area contributed by atoms with E-state index in [4.69, 9.17) is 52.1 Å². The quantitative estimate of drug-likeness (QED) is 0.0653. The van der Waals surface area contributed by atoms with E-state index in [2.05, 4.69) is 0 Å². The molecule has 1 fully saturated rings. The Kier molecular flexibility index (Phi) is 15.8. The van der Waals surface area contributed by atoms with Gasteiger partial charge in [0.15, 0.2) is 0 Å². The monoisotopic (exact) mass is 842 g/mol. The standard InChI is InChI=1S/C51H54O11/c1-52-42-13-5-36(6-14-42)28-57-46-21-40(22-47(25-46)58-29-37-7-15-43(53-2)16-8-37)32-61-50-27-51(35-56-34-50)62-33-41-23-48(59-30-38-9-17-44(54-3)18-10-38)26-49(24-41)60-31-39-11-19-45(55-4)20-12-39/h5-26,50-51H,27-35H2,1-4H3. The van der Waals surface area contributed by atoms with Crippen molar-refractivity contribution in [2.24, 2.45) is 0 Å². The van der Waals surface area contributed by atoms with Gasteiger partial charge in [0, 0.05) is 18.6 Å². The van der Waals surface area contributed by atoms with E-state index in [1.807, 2.05) is 133 Å². The molecule has 0 radical (unpaired) electrons. The average molecular weight is 843 g/mol. The van der Waals surface area contributed by atoms with Crippen LogP contribution < -0.4 is 37.9 Å². The summed E-state index contributed by atoms with van der Waals surface area (Å²) in [6.45, 7) is 3.14. The van der Waals surface area contributed by atoms with Crippen LogP contribution in [0.5, 0.6) is 46.0 Å². The van der Waals surface area contributed by atoms with Crippen LogP contribution in [-0.2, 0) is 53.9 Å². The third kappa shape index (κ3) is 13.3. The summed E-state index contributed by atoms with van der Waals surface area (Å²) < 4.78 is 65.2. The lowest BCUT2D eigenvalue weighted by molar-refractivity contribution is -0.126. The molecule has 0 bridgehead atoms. The third-order valence-electron chi connectivity index (χ3n) is 10.2. The number of hydrogen-bond acceptors (Lipinski definition) is 11. The fraction of sp³-hybridized carbons (Fsp3) is 0.294. The number of methoxy groups -OCH3 is 4. The largest absolute Gasteiger partial charge is 0.497 e. The van der Waals surface area contributed by atoms with Gasteiger partial charge in [-0.2, -0.15) is 0 Å². The highest BCUT2D eigenvalue weighted by Crippen LogP contribution is 2.29. The molecule has 11 nitrogen and oxygen atoms in total. The van der Waals surface area contributed by atoms with Gasteiger partial charge in [-0.1, -0.05) is 48.5 Å². The Balaban J connectivity index is 0.975. The number of ether oxygens (including phenoxy) is 11. The minimum absolute atomic E-state index is 0.177. The zero-order valence-corrected chi connectivity index (χ0v) is 35.7. The Hall–Kier alpha value is -6.40. The second-order valence-electron chi connectivity index (χ2n) is 14.8. The van der Waals surface area contributed by atoms with Crippen molar-refractivity contribution in [3.05, 3.63) is 167 Å². The van der Waals surface area contributed by atoms with Crippen LogP contribution in [0.3, 0.4) is 0 Å². The molecule has 0 spiro atoms. The fourth-order valence-electron chi connectivity index (χ4n) is 6.74. The highest BCUT2D eigenvalue weighted by Gasteiger charge is 2.24. The summed E-state index contributed by atoms with van der Waals surface area (Å²) in [5.41, 5.74) is 5.90. The first kappa shape index (κ1) is 43.7. The summed E-state index contributed by atoms with van der Waals surface area (Å²) in [6, 6.07) is 43.0. The topological polar surface area (TPSA) is 102 Å². The second-order valence-corrected chi connectivity index (χ2v) is 14.8. The molecule has 0 aromatic heterocycles. The number of benzene rings is 6. The molecule has 0 saturated carbocycles. The van der Waals surface area contributed by atoms with Gasteiger partial charge in [0.2, 0.25) is 0 Å². The zero-order chi connectivity index (χ0) is 42.9. The van der Waals surface area contributed by atoms with E-state index in [9.17, 15) is 0 Å². The zero-order valence-electron chi connectivity index (χ0n) is 35.7. The molecular formula is C51H54O11. The van der Waals surface area contributed by atoms with Crippen LogP contribution in [0.1, 0.15) is 39.8 Å². The highest BCUT2D eigenvalue weighted by molar-refractivity contribution is 5.40. The lowest BCUT2D eigenvalue weighted by Gasteiger charge is -2.29. The number of hydrogen-bond donors (Lipinski definition) is 0. The summed E-state index contributed by atoms with van der Waals surface area (Å²) in [6.07, 6.45) is 0.316. The first-order valence-electron chi connectivity index (χ1n) is 20.6. The Bertz CT molecular complexity index is 1960. The normalized spacial score (nSPS) is 14.7. The summed E-state index contributed by atoms with van der Waals surface area (Å²) in [7, 11) is 6.61.